The fraction of sp³-hybridized carbons (Fsp3) is 0.591. The molecule has 1 aliphatic heterocycles. The molecule has 0 radical (unpaired) electrons. The topological polar surface area (TPSA) is 87.7 Å². The molecule has 2 rings (SSSR count). The monoisotopic (exact) mass is 511 g/mol. The first-order valence-electron chi connectivity index (χ1n) is 10.8. The van der Waals surface area contributed by atoms with E-state index in [0.717, 1.165) is 4.90 Å². The van der Waals surface area contributed by atoms with Crippen LogP contribution < -0.4 is 10.6 Å². The Hall–Kier alpha value is -2.99. The average molecular weight is 511 g/mol. The summed E-state index contributed by atoms with van der Waals surface area (Å²) in [5, 5.41) is 4.65. The zero-order chi connectivity index (χ0) is 26.6. The van der Waals surface area contributed by atoms with E-state index >= 15 is 0 Å². The van der Waals surface area contributed by atoms with Gasteiger partial charge in [0, 0.05) is 31.6 Å². The number of nitrogens with one attached hydrogen (secondary N) is 2. The van der Waals surface area contributed by atoms with Crippen LogP contribution in [-0.2, 0) is 20.7 Å². The molecule has 2 N–H and O–H groups in total. The minimum atomic E-state index is -4.74. The molecule has 2 atom stereocenters. The van der Waals surface area contributed by atoms with Gasteiger partial charge in [-0.1, -0.05) is 0 Å². The molecule has 0 unspecified atom stereocenters. The molecule has 0 aromatic heterocycles. The van der Waals surface area contributed by atoms with Crippen molar-refractivity contribution in [1.29, 1.82) is 0 Å². The van der Waals surface area contributed by atoms with Crippen molar-refractivity contribution in [3.63, 3.8) is 0 Å². The molecule has 1 aliphatic rings. The van der Waals surface area contributed by atoms with E-state index in [1.807, 2.05) is 0 Å². The minimum absolute atomic E-state index is 0.0661. The van der Waals surface area contributed by atoms with E-state index in [1.54, 1.807) is 20.8 Å². The highest BCUT2D eigenvalue weighted by atomic mass is 19.4. The molecular formula is C22H27F6N3O4. The van der Waals surface area contributed by atoms with Gasteiger partial charge in [0.15, 0.2) is 11.6 Å². The molecule has 35 heavy (non-hydrogen) atoms. The van der Waals surface area contributed by atoms with Crippen LogP contribution in [0, 0.1) is 17.5 Å². The number of hydrogen-bond acceptors (Lipinski definition) is 4. The second-order valence-electron chi connectivity index (χ2n) is 9.18. The predicted molar refractivity (Wildman–Crippen MR) is 112 cm³/mol. The molecule has 0 spiro atoms. The molecular weight excluding hydrogens is 484 g/mol. The number of carbonyl (C=O) groups excluding carboxylic acids is 3. The van der Waals surface area contributed by atoms with Crippen LogP contribution in [0.2, 0.25) is 0 Å². The second-order valence-corrected chi connectivity index (χ2v) is 9.18. The average Bonchev–Trinajstić information content (AvgIpc) is 2.85. The maximum atomic E-state index is 14.2. The third-order valence-electron chi connectivity index (χ3n) is 5.00. The summed E-state index contributed by atoms with van der Waals surface area (Å²) >= 11 is 0. The lowest BCUT2D eigenvalue weighted by Gasteiger charge is -2.31. The number of amides is 3. The highest BCUT2D eigenvalue weighted by Gasteiger charge is 2.41. The third kappa shape index (κ3) is 8.95. The van der Waals surface area contributed by atoms with E-state index in [9.17, 15) is 40.7 Å². The Bertz CT molecular complexity index is 948. The van der Waals surface area contributed by atoms with Crippen LogP contribution in [0.5, 0.6) is 0 Å². The highest BCUT2D eigenvalue weighted by Crippen LogP contribution is 2.26. The molecule has 1 aromatic rings. The number of rotatable bonds is 6. The normalized spacial score (nSPS) is 17.9. The van der Waals surface area contributed by atoms with Gasteiger partial charge in [-0.25, -0.2) is 18.0 Å². The van der Waals surface area contributed by atoms with Gasteiger partial charge < -0.3 is 20.3 Å². The minimum Gasteiger partial charge on any atom is -0.444 e. The summed E-state index contributed by atoms with van der Waals surface area (Å²) < 4.78 is 85.5. The van der Waals surface area contributed by atoms with Crippen LogP contribution in [0.3, 0.4) is 0 Å². The molecule has 13 heteroatoms. The van der Waals surface area contributed by atoms with Crippen LogP contribution in [0.25, 0.3) is 0 Å². The van der Waals surface area contributed by atoms with Crippen LogP contribution in [0.1, 0.15) is 45.6 Å². The maximum Gasteiger partial charge on any atom is 0.407 e. The van der Waals surface area contributed by atoms with Crippen LogP contribution >= 0.6 is 0 Å². The summed E-state index contributed by atoms with van der Waals surface area (Å²) in [7, 11) is 0. The lowest BCUT2D eigenvalue weighted by molar-refractivity contribution is -0.161. The fourth-order valence-corrected chi connectivity index (χ4v) is 3.56. The van der Waals surface area contributed by atoms with Gasteiger partial charge in [-0.15, -0.1) is 0 Å². The molecule has 1 aromatic carbocycles. The van der Waals surface area contributed by atoms with Crippen molar-refractivity contribution >= 4 is 17.9 Å². The fourth-order valence-electron chi connectivity index (χ4n) is 3.56. The Morgan fingerprint density at radius 3 is 2.37 bits per heavy atom. The predicted octanol–water partition coefficient (Wildman–Crippen LogP) is 3.60. The summed E-state index contributed by atoms with van der Waals surface area (Å²) in [6.07, 6.45) is -8.30. The van der Waals surface area contributed by atoms with Gasteiger partial charge in [-0.3, -0.25) is 9.59 Å². The van der Waals surface area contributed by atoms with E-state index < -0.39 is 78.5 Å². The number of ether oxygens (including phenoxy) is 1. The van der Waals surface area contributed by atoms with E-state index in [1.165, 1.54) is 0 Å². The number of alkyl halides is 3. The molecule has 196 valence electrons. The lowest BCUT2D eigenvalue weighted by atomic mass is 10.0. The second kappa shape index (κ2) is 11.2. The molecule has 0 aliphatic carbocycles. The number of hydrogen-bond donors (Lipinski definition) is 2. The van der Waals surface area contributed by atoms with Gasteiger partial charge in [0.1, 0.15) is 17.5 Å². The first-order chi connectivity index (χ1) is 16.1. The Labute approximate surface area is 198 Å². The van der Waals surface area contributed by atoms with Crippen LogP contribution in [-0.4, -0.2) is 59.8 Å². The van der Waals surface area contributed by atoms with Crippen molar-refractivity contribution in [3.05, 3.63) is 35.1 Å². The Balaban J connectivity index is 2.30. The van der Waals surface area contributed by atoms with Gasteiger partial charge in [0.25, 0.3) is 0 Å². The maximum absolute atomic E-state index is 14.2. The summed E-state index contributed by atoms with van der Waals surface area (Å²) in [4.78, 5) is 38.3. The number of alkyl carbamates (subject to hydrolysis) is 1. The first-order valence-corrected chi connectivity index (χ1v) is 10.8. The number of halogens is 6. The summed E-state index contributed by atoms with van der Waals surface area (Å²) in [6.45, 7) is 4.56. The summed E-state index contributed by atoms with van der Waals surface area (Å²) in [5.74, 6) is -5.84. The SMILES string of the molecule is CC(C)(C)OC(=O)N[C@H](CC(=O)N1CCCNC(=O)[C@H]1CC(F)(F)F)Cc1cc(F)c(F)cc1F. The molecule has 1 saturated heterocycles. The Morgan fingerprint density at radius 2 is 1.77 bits per heavy atom. The molecule has 7 nitrogen and oxygen atoms in total. The molecule has 1 heterocycles. The smallest absolute Gasteiger partial charge is 0.407 e. The quantitative estimate of drug-likeness (QED) is 0.452. The number of benzene rings is 1. The van der Waals surface area contributed by atoms with E-state index in [-0.39, 0.29) is 25.1 Å². The number of carbonyl (C=O) groups is 3. The van der Waals surface area contributed by atoms with Gasteiger partial charge >= 0.3 is 12.3 Å². The van der Waals surface area contributed by atoms with Gasteiger partial charge in [-0.05, 0) is 45.2 Å². The molecule has 0 bridgehead atoms. The van der Waals surface area contributed by atoms with Crippen molar-refractivity contribution in [2.24, 2.45) is 0 Å². The molecule has 1 fully saturated rings. The highest BCUT2D eigenvalue weighted by molar-refractivity contribution is 5.88. The van der Waals surface area contributed by atoms with E-state index in [2.05, 4.69) is 10.6 Å². The van der Waals surface area contributed by atoms with Crippen molar-refractivity contribution in [2.45, 2.75) is 70.3 Å². The van der Waals surface area contributed by atoms with Crippen LogP contribution in [0.4, 0.5) is 31.1 Å². The first kappa shape index (κ1) is 28.2. The van der Waals surface area contributed by atoms with Crippen molar-refractivity contribution in [3.8, 4) is 0 Å². The zero-order valence-corrected chi connectivity index (χ0v) is 19.4. The van der Waals surface area contributed by atoms with Gasteiger partial charge in [-0.2, -0.15) is 13.2 Å². The van der Waals surface area contributed by atoms with Crippen molar-refractivity contribution < 1.29 is 45.5 Å². The zero-order valence-electron chi connectivity index (χ0n) is 19.4. The van der Waals surface area contributed by atoms with Gasteiger partial charge in [0.2, 0.25) is 11.8 Å². The summed E-state index contributed by atoms with van der Waals surface area (Å²) in [5.41, 5.74) is -1.33. The number of nitrogens with zero attached hydrogens (tertiary/aromatic N) is 1. The largest absolute Gasteiger partial charge is 0.444 e. The van der Waals surface area contributed by atoms with Crippen LogP contribution in [0.15, 0.2) is 12.1 Å². The van der Waals surface area contributed by atoms with Crippen molar-refractivity contribution in [2.75, 3.05) is 13.1 Å². The standard InChI is InChI=1S/C22H27F6N3O4/c1-21(2,3)35-20(34)30-13(7-12-8-15(24)16(25)10-14(12)23)9-18(32)31-6-4-5-29-19(33)17(31)11-22(26,27)28/h8,10,13,17H,4-7,9,11H2,1-3H3,(H,29,33)(H,30,34)/t13-,17+/m0/s1. The van der Waals surface area contributed by atoms with E-state index in [0.29, 0.717) is 12.1 Å². The van der Waals surface area contributed by atoms with Gasteiger partial charge in [0.05, 0.1) is 6.42 Å². The third-order valence-corrected chi connectivity index (χ3v) is 5.00. The Kier molecular flexibility index (Phi) is 9.01. The lowest BCUT2D eigenvalue weighted by Crippen LogP contribution is -2.51. The van der Waals surface area contributed by atoms with E-state index in [4.69, 9.17) is 4.74 Å². The van der Waals surface area contributed by atoms with Crippen molar-refractivity contribution in [1.82, 2.24) is 15.5 Å². The molecule has 0 saturated carbocycles. The summed E-state index contributed by atoms with van der Waals surface area (Å²) in [6, 6.07) is -2.23. The Morgan fingerprint density at radius 1 is 1.14 bits per heavy atom. The molecule has 3 amide bonds.